The average Bonchev–Trinajstić information content (AvgIpc) is 3.04. The summed E-state index contributed by atoms with van der Waals surface area (Å²) in [6.45, 7) is 0.151. The minimum absolute atomic E-state index is 0.151. The largest absolute Gasteiger partial charge is 0.454 e. The van der Waals surface area contributed by atoms with E-state index in [-0.39, 0.29) is 6.61 Å². The van der Waals surface area contributed by atoms with Crippen LogP contribution < -0.4 is 0 Å². The Balaban J connectivity index is 1.67. The van der Waals surface area contributed by atoms with E-state index in [0.29, 0.717) is 11.4 Å². The first-order chi connectivity index (χ1) is 10.3. The third-order valence-corrected chi connectivity index (χ3v) is 3.70. The predicted molar refractivity (Wildman–Crippen MR) is 80.9 cm³/mol. The number of ether oxygens (including phenoxy) is 1. The van der Waals surface area contributed by atoms with Crippen molar-refractivity contribution in [3.8, 4) is 10.6 Å². The molecule has 0 fully saturated rings. The standard InChI is InChI=1S/C16H12N2O2S/c19-16(20-10-13-8-4-5-9-17-13)14-11-21-15(18-14)12-6-2-1-3-7-12/h1-9,11H,10H2. The highest BCUT2D eigenvalue weighted by Crippen LogP contribution is 2.23. The Morgan fingerprint density at radius 3 is 2.67 bits per heavy atom. The number of aromatic nitrogens is 2. The van der Waals surface area contributed by atoms with Gasteiger partial charge in [0.2, 0.25) is 0 Å². The molecule has 3 aromatic rings. The van der Waals surface area contributed by atoms with Crippen LogP contribution in [0.1, 0.15) is 16.2 Å². The highest BCUT2D eigenvalue weighted by Gasteiger charge is 2.13. The Hall–Kier alpha value is -2.53. The number of carbonyl (C=O) groups is 1. The molecule has 2 heterocycles. The van der Waals surface area contributed by atoms with Gasteiger partial charge in [-0.2, -0.15) is 0 Å². The SMILES string of the molecule is O=C(OCc1ccccn1)c1csc(-c2ccccc2)n1. The summed E-state index contributed by atoms with van der Waals surface area (Å²) in [5.74, 6) is -0.431. The lowest BCUT2D eigenvalue weighted by molar-refractivity contribution is 0.0462. The number of esters is 1. The number of pyridine rings is 1. The monoisotopic (exact) mass is 296 g/mol. The normalized spacial score (nSPS) is 10.3. The molecule has 2 aromatic heterocycles. The molecule has 3 rings (SSSR count). The fourth-order valence-corrected chi connectivity index (χ4v) is 2.57. The zero-order valence-electron chi connectivity index (χ0n) is 11.1. The quantitative estimate of drug-likeness (QED) is 0.691. The van der Waals surface area contributed by atoms with Crippen LogP contribution in [-0.2, 0) is 11.3 Å². The Kier molecular flexibility index (Phi) is 4.02. The second kappa shape index (κ2) is 6.28. The Bertz CT molecular complexity index is 726. The molecule has 5 heteroatoms. The van der Waals surface area contributed by atoms with Gasteiger partial charge in [-0.15, -0.1) is 11.3 Å². The zero-order valence-corrected chi connectivity index (χ0v) is 11.9. The molecule has 0 N–H and O–H groups in total. The number of thiazole rings is 1. The molecular formula is C16H12N2O2S. The molecule has 21 heavy (non-hydrogen) atoms. The molecule has 4 nitrogen and oxygen atoms in total. The van der Waals surface area contributed by atoms with Crippen molar-refractivity contribution in [3.05, 3.63) is 71.5 Å². The van der Waals surface area contributed by atoms with Gasteiger partial charge in [-0.25, -0.2) is 9.78 Å². The number of rotatable bonds is 4. The smallest absolute Gasteiger partial charge is 0.358 e. The van der Waals surface area contributed by atoms with Gasteiger partial charge in [0, 0.05) is 17.1 Å². The maximum absolute atomic E-state index is 12.0. The van der Waals surface area contributed by atoms with Gasteiger partial charge >= 0.3 is 5.97 Å². The molecule has 0 atom stereocenters. The van der Waals surface area contributed by atoms with Crippen LogP contribution in [0.3, 0.4) is 0 Å². The minimum atomic E-state index is -0.431. The van der Waals surface area contributed by atoms with Gasteiger partial charge in [-0.3, -0.25) is 4.98 Å². The van der Waals surface area contributed by atoms with Crippen molar-refractivity contribution in [2.75, 3.05) is 0 Å². The van der Waals surface area contributed by atoms with Crippen LogP contribution in [0.15, 0.2) is 60.1 Å². The number of hydrogen-bond donors (Lipinski definition) is 0. The fraction of sp³-hybridized carbons (Fsp3) is 0.0625. The van der Waals surface area contributed by atoms with Crippen molar-refractivity contribution in [1.29, 1.82) is 0 Å². The van der Waals surface area contributed by atoms with Gasteiger partial charge in [0.1, 0.15) is 11.6 Å². The molecule has 0 saturated heterocycles. The Morgan fingerprint density at radius 2 is 1.90 bits per heavy atom. The lowest BCUT2D eigenvalue weighted by Crippen LogP contribution is -2.06. The summed E-state index contributed by atoms with van der Waals surface area (Å²) in [5, 5.41) is 2.52. The first-order valence-corrected chi connectivity index (χ1v) is 7.29. The summed E-state index contributed by atoms with van der Waals surface area (Å²) in [6.07, 6.45) is 1.67. The molecule has 0 saturated carbocycles. The molecular weight excluding hydrogens is 284 g/mol. The van der Waals surface area contributed by atoms with Crippen LogP contribution in [0.2, 0.25) is 0 Å². The van der Waals surface area contributed by atoms with E-state index in [1.54, 1.807) is 11.6 Å². The van der Waals surface area contributed by atoms with Crippen molar-refractivity contribution in [2.24, 2.45) is 0 Å². The number of nitrogens with zero attached hydrogens (tertiary/aromatic N) is 2. The van der Waals surface area contributed by atoms with Gasteiger partial charge in [-0.05, 0) is 12.1 Å². The molecule has 0 unspecified atom stereocenters. The fourth-order valence-electron chi connectivity index (χ4n) is 1.78. The summed E-state index contributed by atoms with van der Waals surface area (Å²) < 4.78 is 5.21. The van der Waals surface area contributed by atoms with E-state index in [4.69, 9.17) is 4.74 Å². The molecule has 0 aliphatic rings. The van der Waals surface area contributed by atoms with Crippen molar-refractivity contribution >= 4 is 17.3 Å². The molecule has 0 aliphatic heterocycles. The van der Waals surface area contributed by atoms with Gasteiger partial charge in [-0.1, -0.05) is 36.4 Å². The van der Waals surface area contributed by atoms with E-state index in [2.05, 4.69) is 9.97 Å². The van der Waals surface area contributed by atoms with Crippen molar-refractivity contribution in [2.45, 2.75) is 6.61 Å². The Morgan fingerprint density at radius 1 is 1.10 bits per heavy atom. The number of carbonyl (C=O) groups excluding carboxylic acids is 1. The van der Waals surface area contributed by atoms with Gasteiger partial charge in [0.25, 0.3) is 0 Å². The van der Waals surface area contributed by atoms with Gasteiger partial charge < -0.3 is 4.74 Å². The van der Waals surface area contributed by atoms with E-state index in [9.17, 15) is 4.79 Å². The minimum Gasteiger partial charge on any atom is -0.454 e. The lowest BCUT2D eigenvalue weighted by Gasteiger charge is -2.01. The molecule has 1 aromatic carbocycles. The third kappa shape index (κ3) is 3.32. The number of benzene rings is 1. The van der Waals surface area contributed by atoms with E-state index >= 15 is 0 Å². The van der Waals surface area contributed by atoms with Crippen LogP contribution in [0.4, 0.5) is 0 Å². The van der Waals surface area contributed by atoms with Crippen LogP contribution in [0, 0.1) is 0 Å². The van der Waals surface area contributed by atoms with E-state index in [1.807, 2.05) is 48.5 Å². The second-order valence-electron chi connectivity index (χ2n) is 4.30. The summed E-state index contributed by atoms with van der Waals surface area (Å²) in [6, 6.07) is 15.2. The molecule has 0 aliphatic carbocycles. The molecule has 0 radical (unpaired) electrons. The lowest BCUT2D eigenvalue weighted by atomic mass is 10.2. The summed E-state index contributed by atoms with van der Waals surface area (Å²) in [5.41, 5.74) is 2.03. The molecule has 0 spiro atoms. The highest BCUT2D eigenvalue weighted by molar-refractivity contribution is 7.13. The Labute approximate surface area is 126 Å². The first-order valence-electron chi connectivity index (χ1n) is 6.41. The molecule has 0 bridgehead atoms. The number of hydrogen-bond acceptors (Lipinski definition) is 5. The third-order valence-electron chi connectivity index (χ3n) is 2.81. The van der Waals surface area contributed by atoms with Crippen LogP contribution in [0.25, 0.3) is 10.6 Å². The average molecular weight is 296 g/mol. The van der Waals surface area contributed by atoms with E-state index in [0.717, 1.165) is 10.6 Å². The summed E-state index contributed by atoms with van der Waals surface area (Å²) >= 11 is 1.43. The van der Waals surface area contributed by atoms with Crippen LogP contribution in [0.5, 0.6) is 0 Å². The molecule has 104 valence electrons. The maximum Gasteiger partial charge on any atom is 0.358 e. The van der Waals surface area contributed by atoms with Crippen LogP contribution >= 0.6 is 11.3 Å². The first kappa shape index (κ1) is 13.5. The second-order valence-corrected chi connectivity index (χ2v) is 5.16. The maximum atomic E-state index is 12.0. The summed E-state index contributed by atoms with van der Waals surface area (Å²) in [7, 11) is 0. The predicted octanol–water partition coefficient (Wildman–Crippen LogP) is 3.56. The zero-order chi connectivity index (χ0) is 14.5. The molecule has 0 amide bonds. The summed E-state index contributed by atoms with van der Waals surface area (Å²) in [4.78, 5) is 20.4. The van der Waals surface area contributed by atoms with Gasteiger partial charge in [0.05, 0.1) is 5.69 Å². The van der Waals surface area contributed by atoms with E-state index in [1.165, 1.54) is 11.3 Å². The van der Waals surface area contributed by atoms with Crippen molar-refractivity contribution < 1.29 is 9.53 Å². The highest BCUT2D eigenvalue weighted by atomic mass is 32.1. The van der Waals surface area contributed by atoms with E-state index < -0.39 is 5.97 Å². The topological polar surface area (TPSA) is 52.1 Å². The van der Waals surface area contributed by atoms with Crippen molar-refractivity contribution in [3.63, 3.8) is 0 Å². The van der Waals surface area contributed by atoms with Gasteiger partial charge in [0.15, 0.2) is 5.69 Å². The van der Waals surface area contributed by atoms with Crippen molar-refractivity contribution in [1.82, 2.24) is 9.97 Å². The van der Waals surface area contributed by atoms with Crippen LogP contribution in [-0.4, -0.2) is 15.9 Å².